The van der Waals surface area contributed by atoms with Crippen LogP contribution in [0.5, 0.6) is 0 Å². The van der Waals surface area contributed by atoms with Gasteiger partial charge in [0, 0.05) is 48.1 Å². The van der Waals surface area contributed by atoms with Crippen molar-refractivity contribution < 1.29 is 9.90 Å². The van der Waals surface area contributed by atoms with E-state index in [1.807, 2.05) is 14.1 Å². The van der Waals surface area contributed by atoms with E-state index in [9.17, 15) is 9.90 Å². The molecule has 0 fully saturated rings. The van der Waals surface area contributed by atoms with Gasteiger partial charge in [0.15, 0.2) is 0 Å². The van der Waals surface area contributed by atoms with Gasteiger partial charge in [-0.1, -0.05) is 24.3 Å². The van der Waals surface area contributed by atoms with Crippen molar-refractivity contribution in [1.82, 2.24) is 15.1 Å². The van der Waals surface area contributed by atoms with Gasteiger partial charge < -0.3 is 20.2 Å². The van der Waals surface area contributed by atoms with Crippen molar-refractivity contribution in [1.29, 1.82) is 0 Å². The molecule has 1 aromatic rings. The summed E-state index contributed by atoms with van der Waals surface area (Å²) in [5.41, 5.74) is 4.87. The first-order valence-corrected chi connectivity index (χ1v) is 8.71. The van der Waals surface area contributed by atoms with E-state index >= 15 is 0 Å². The Morgan fingerprint density at radius 3 is 2.73 bits per heavy atom. The number of amidine groups is 1. The zero-order chi connectivity index (χ0) is 18.3. The third-order valence-corrected chi connectivity index (χ3v) is 4.79. The molecule has 134 valence electrons. The van der Waals surface area contributed by atoms with E-state index in [-0.39, 0.29) is 18.4 Å². The van der Waals surface area contributed by atoms with Gasteiger partial charge in [-0.05, 0) is 25.7 Å². The SMILES string of the molecule is CN(C)Cc1ccc(C2=NC=C3C=CC(=O)NC4=C3N2CC4CO)cc1. The minimum Gasteiger partial charge on any atom is -0.396 e. The Hall–Kier alpha value is -2.70. The molecule has 4 rings (SSSR count). The summed E-state index contributed by atoms with van der Waals surface area (Å²) in [5, 5.41) is 12.7. The number of benzene rings is 1. The molecule has 1 atom stereocenters. The lowest BCUT2D eigenvalue weighted by atomic mass is 10.1. The van der Waals surface area contributed by atoms with Crippen LogP contribution in [0.3, 0.4) is 0 Å². The smallest absolute Gasteiger partial charge is 0.248 e. The van der Waals surface area contributed by atoms with Crippen LogP contribution in [0.4, 0.5) is 0 Å². The van der Waals surface area contributed by atoms with Crippen molar-refractivity contribution in [2.45, 2.75) is 6.54 Å². The molecule has 2 N–H and O–H groups in total. The fraction of sp³-hybridized carbons (Fsp3) is 0.300. The summed E-state index contributed by atoms with van der Waals surface area (Å²) in [6.07, 6.45) is 5.09. The van der Waals surface area contributed by atoms with Gasteiger partial charge in [0.25, 0.3) is 0 Å². The highest BCUT2D eigenvalue weighted by atomic mass is 16.3. The number of carbonyl (C=O) groups is 1. The second-order valence-corrected chi connectivity index (χ2v) is 7.05. The van der Waals surface area contributed by atoms with Crippen LogP contribution in [-0.2, 0) is 11.3 Å². The van der Waals surface area contributed by atoms with Crippen LogP contribution < -0.4 is 5.32 Å². The first-order valence-electron chi connectivity index (χ1n) is 8.71. The molecule has 1 aromatic carbocycles. The van der Waals surface area contributed by atoms with Gasteiger partial charge in [0.05, 0.1) is 12.3 Å². The lowest BCUT2D eigenvalue weighted by molar-refractivity contribution is -0.115. The minimum absolute atomic E-state index is 0.0159. The largest absolute Gasteiger partial charge is 0.396 e. The molecule has 3 heterocycles. The third-order valence-electron chi connectivity index (χ3n) is 4.79. The monoisotopic (exact) mass is 350 g/mol. The molecule has 0 spiro atoms. The molecule has 3 aliphatic rings. The maximum absolute atomic E-state index is 12.0. The number of amides is 1. The topological polar surface area (TPSA) is 68.2 Å². The molecule has 1 unspecified atom stereocenters. The second kappa shape index (κ2) is 6.55. The minimum atomic E-state index is -0.169. The molecule has 0 aromatic heterocycles. The molecule has 1 amide bonds. The molecule has 0 aliphatic carbocycles. The number of aliphatic hydroxyl groups is 1. The maximum atomic E-state index is 12.0. The molecular weight excluding hydrogens is 328 g/mol. The van der Waals surface area contributed by atoms with Crippen LogP contribution in [0.1, 0.15) is 11.1 Å². The Kier molecular flexibility index (Phi) is 4.22. The third kappa shape index (κ3) is 2.87. The quantitative estimate of drug-likeness (QED) is 0.857. The summed E-state index contributed by atoms with van der Waals surface area (Å²) < 4.78 is 0. The highest BCUT2D eigenvalue weighted by Gasteiger charge is 2.38. The number of aliphatic imine (C=N–C) groups is 1. The summed E-state index contributed by atoms with van der Waals surface area (Å²) in [4.78, 5) is 20.8. The van der Waals surface area contributed by atoms with Crippen molar-refractivity contribution in [2.75, 3.05) is 27.2 Å². The van der Waals surface area contributed by atoms with Gasteiger partial charge in [0.1, 0.15) is 5.84 Å². The van der Waals surface area contributed by atoms with Crippen LogP contribution in [0, 0.1) is 5.92 Å². The van der Waals surface area contributed by atoms with E-state index in [4.69, 9.17) is 0 Å². The lowest BCUT2D eigenvalue weighted by Crippen LogP contribution is -2.33. The predicted octanol–water partition coefficient (Wildman–Crippen LogP) is 1.21. The maximum Gasteiger partial charge on any atom is 0.248 e. The van der Waals surface area contributed by atoms with Crippen LogP contribution in [0.25, 0.3) is 0 Å². The van der Waals surface area contributed by atoms with Crippen LogP contribution >= 0.6 is 0 Å². The Balaban J connectivity index is 1.72. The molecule has 0 saturated heterocycles. The highest BCUT2D eigenvalue weighted by molar-refractivity contribution is 6.03. The Morgan fingerprint density at radius 1 is 1.27 bits per heavy atom. The van der Waals surface area contributed by atoms with Gasteiger partial charge >= 0.3 is 0 Å². The normalized spacial score (nSPS) is 21.5. The van der Waals surface area contributed by atoms with E-state index in [1.165, 1.54) is 11.6 Å². The Morgan fingerprint density at radius 2 is 2.04 bits per heavy atom. The molecular formula is C20H22N4O2. The number of hydrogen-bond donors (Lipinski definition) is 2. The number of carbonyl (C=O) groups excluding carboxylic acids is 1. The summed E-state index contributed by atoms with van der Waals surface area (Å²) in [6.45, 7) is 1.47. The standard InChI is InChI=1S/C20H22N4O2/c1-23(2)10-13-3-5-14(6-4-13)20-21-9-15-7-8-17(26)22-18-16(12-25)11-24(20)19(15)18/h3-9,16,25H,10-12H2,1-2H3,(H,22,26). The molecule has 6 heteroatoms. The molecule has 0 saturated carbocycles. The first kappa shape index (κ1) is 16.8. The van der Waals surface area contributed by atoms with Crippen LogP contribution in [-0.4, -0.2) is 53.9 Å². The van der Waals surface area contributed by atoms with E-state index in [0.717, 1.165) is 34.9 Å². The van der Waals surface area contributed by atoms with Gasteiger partial charge in [-0.2, -0.15) is 0 Å². The van der Waals surface area contributed by atoms with Gasteiger partial charge in [-0.25, -0.2) is 4.99 Å². The van der Waals surface area contributed by atoms with E-state index in [0.29, 0.717) is 6.54 Å². The number of nitrogens with zero attached hydrogens (tertiary/aromatic N) is 3. The molecule has 0 radical (unpaired) electrons. The van der Waals surface area contributed by atoms with Crippen molar-refractivity contribution in [3.63, 3.8) is 0 Å². The predicted molar refractivity (Wildman–Crippen MR) is 100 cm³/mol. The fourth-order valence-electron chi connectivity index (χ4n) is 3.63. The summed E-state index contributed by atoms with van der Waals surface area (Å²) in [7, 11) is 4.10. The summed E-state index contributed by atoms with van der Waals surface area (Å²) in [5.74, 6) is 0.546. The van der Waals surface area contributed by atoms with Gasteiger partial charge in [-0.15, -0.1) is 0 Å². The average Bonchev–Trinajstić information content (AvgIpc) is 2.89. The summed E-state index contributed by atoms with van der Waals surface area (Å²) >= 11 is 0. The van der Waals surface area contributed by atoms with Crippen molar-refractivity contribution in [2.24, 2.45) is 10.9 Å². The number of allylic oxidation sites excluding steroid dienone is 1. The zero-order valence-corrected chi connectivity index (χ0v) is 14.9. The number of rotatable bonds is 4. The number of nitrogens with one attached hydrogen (secondary N) is 1. The van der Waals surface area contributed by atoms with E-state index < -0.39 is 0 Å². The first-order chi connectivity index (χ1) is 12.6. The van der Waals surface area contributed by atoms with Crippen molar-refractivity contribution >= 4 is 11.7 Å². The second-order valence-electron chi connectivity index (χ2n) is 7.05. The zero-order valence-electron chi connectivity index (χ0n) is 14.9. The van der Waals surface area contributed by atoms with Crippen LogP contribution in [0.15, 0.2) is 64.6 Å². The molecule has 0 bridgehead atoms. The lowest BCUT2D eigenvalue weighted by Gasteiger charge is -2.28. The average molecular weight is 350 g/mol. The van der Waals surface area contributed by atoms with Crippen molar-refractivity contribution in [3.05, 3.63) is 70.7 Å². The number of aliphatic hydroxyl groups excluding tert-OH is 1. The van der Waals surface area contributed by atoms with Crippen molar-refractivity contribution in [3.8, 4) is 0 Å². The molecule has 3 aliphatic heterocycles. The number of hydrogen-bond acceptors (Lipinski definition) is 5. The van der Waals surface area contributed by atoms with E-state index in [1.54, 1.807) is 12.3 Å². The van der Waals surface area contributed by atoms with Gasteiger partial charge in [-0.3, -0.25) is 4.79 Å². The highest BCUT2D eigenvalue weighted by Crippen LogP contribution is 2.37. The van der Waals surface area contributed by atoms with Crippen LogP contribution in [0.2, 0.25) is 0 Å². The molecule has 6 nitrogen and oxygen atoms in total. The van der Waals surface area contributed by atoms with Gasteiger partial charge in [0.2, 0.25) is 5.91 Å². The Bertz CT molecular complexity index is 862. The Labute approximate surface area is 152 Å². The van der Waals surface area contributed by atoms with E-state index in [2.05, 4.69) is 44.4 Å². The fourth-order valence-corrected chi connectivity index (χ4v) is 3.63. The summed E-state index contributed by atoms with van der Waals surface area (Å²) in [6, 6.07) is 8.38. The molecule has 26 heavy (non-hydrogen) atoms.